The summed E-state index contributed by atoms with van der Waals surface area (Å²) in [5, 5.41) is 14.4. The van der Waals surface area contributed by atoms with Crippen molar-refractivity contribution in [1.82, 2.24) is 15.6 Å². The molecule has 0 bridgehead atoms. The second-order valence-corrected chi connectivity index (χ2v) is 5.87. The highest BCUT2D eigenvalue weighted by Gasteiger charge is 2.23. The van der Waals surface area contributed by atoms with Crippen LogP contribution < -0.4 is 10.6 Å². The summed E-state index contributed by atoms with van der Waals surface area (Å²) in [5.41, 5.74) is -0.0928. The van der Waals surface area contributed by atoms with Crippen molar-refractivity contribution in [2.75, 3.05) is 6.61 Å². The highest BCUT2D eigenvalue weighted by atomic mass is 16.6. The van der Waals surface area contributed by atoms with E-state index in [-0.39, 0.29) is 6.61 Å². The average Bonchev–Trinajstić information content (AvgIpc) is 2.43. The van der Waals surface area contributed by atoms with Gasteiger partial charge in [-0.15, -0.1) is 0 Å². The number of nitrogens with one attached hydrogen (secondary N) is 2. The van der Waals surface area contributed by atoms with Gasteiger partial charge in [0.05, 0.1) is 18.3 Å². The zero-order chi connectivity index (χ0) is 16.8. The minimum absolute atomic E-state index is 0.290. The van der Waals surface area contributed by atoms with Crippen molar-refractivity contribution < 1.29 is 19.4 Å². The first-order valence-electron chi connectivity index (χ1n) is 7.04. The highest BCUT2D eigenvalue weighted by molar-refractivity contribution is 5.85. The number of pyridine rings is 1. The van der Waals surface area contributed by atoms with Crippen molar-refractivity contribution in [2.24, 2.45) is 0 Å². The van der Waals surface area contributed by atoms with Crippen molar-refractivity contribution in [1.29, 1.82) is 0 Å². The van der Waals surface area contributed by atoms with Crippen LogP contribution in [0.25, 0.3) is 0 Å². The topological polar surface area (TPSA) is 101 Å². The van der Waals surface area contributed by atoms with E-state index in [1.807, 2.05) is 0 Å². The molecule has 22 heavy (non-hydrogen) atoms. The molecule has 0 spiro atoms. The van der Waals surface area contributed by atoms with Gasteiger partial charge in [-0.3, -0.25) is 9.78 Å². The SMILES string of the molecule is C[C@H](NC(=O)OC(C)(C)C)C(=O)N[C@H](CO)c1ccccn1. The van der Waals surface area contributed by atoms with E-state index < -0.39 is 29.7 Å². The first-order valence-corrected chi connectivity index (χ1v) is 7.04. The number of alkyl carbamates (subject to hydrolysis) is 1. The number of aliphatic hydroxyl groups excluding tert-OH is 1. The molecule has 1 aromatic heterocycles. The predicted molar refractivity (Wildman–Crippen MR) is 81.0 cm³/mol. The monoisotopic (exact) mass is 309 g/mol. The van der Waals surface area contributed by atoms with E-state index in [1.165, 1.54) is 6.92 Å². The number of ether oxygens (including phenoxy) is 1. The van der Waals surface area contributed by atoms with Crippen LogP contribution >= 0.6 is 0 Å². The van der Waals surface area contributed by atoms with Crippen molar-refractivity contribution in [2.45, 2.75) is 45.4 Å². The Morgan fingerprint density at radius 3 is 2.50 bits per heavy atom. The van der Waals surface area contributed by atoms with Crippen LogP contribution in [0.2, 0.25) is 0 Å². The molecule has 0 saturated carbocycles. The van der Waals surface area contributed by atoms with Gasteiger partial charge >= 0.3 is 6.09 Å². The molecule has 1 heterocycles. The van der Waals surface area contributed by atoms with Gasteiger partial charge in [0.2, 0.25) is 5.91 Å². The molecule has 1 rings (SSSR count). The molecule has 0 unspecified atom stereocenters. The number of rotatable bonds is 5. The summed E-state index contributed by atoms with van der Waals surface area (Å²) in [4.78, 5) is 27.8. The maximum Gasteiger partial charge on any atom is 0.408 e. The van der Waals surface area contributed by atoms with E-state index in [4.69, 9.17) is 4.74 Å². The van der Waals surface area contributed by atoms with Crippen molar-refractivity contribution in [3.05, 3.63) is 30.1 Å². The molecular formula is C15H23N3O4. The fourth-order valence-corrected chi connectivity index (χ4v) is 1.64. The summed E-state index contributed by atoms with van der Waals surface area (Å²) in [6, 6.07) is 3.78. The van der Waals surface area contributed by atoms with E-state index >= 15 is 0 Å². The Balaban J connectivity index is 2.58. The second kappa shape index (κ2) is 7.74. The van der Waals surface area contributed by atoms with E-state index in [0.29, 0.717) is 5.69 Å². The summed E-state index contributed by atoms with van der Waals surface area (Å²) in [6.07, 6.45) is 0.903. The molecule has 7 nitrogen and oxygen atoms in total. The molecule has 0 saturated heterocycles. The molecule has 0 aliphatic heterocycles. The van der Waals surface area contributed by atoms with Gasteiger partial charge in [-0.05, 0) is 39.8 Å². The third-order valence-electron chi connectivity index (χ3n) is 2.67. The Morgan fingerprint density at radius 2 is 2.00 bits per heavy atom. The Bertz CT molecular complexity index is 499. The second-order valence-electron chi connectivity index (χ2n) is 5.87. The van der Waals surface area contributed by atoms with Crippen LogP contribution in [0.1, 0.15) is 39.4 Å². The molecule has 2 atom stereocenters. The normalized spacial score (nSPS) is 13.9. The average molecular weight is 309 g/mol. The Morgan fingerprint density at radius 1 is 1.32 bits per heavy atom. The van der Waals surface area contributed by atoms with E-state index in [9.17, 15) is 14.7 Å². The number of nitrogens with zero attached hydrogens (tertiary/aromatic N) is 1. The minimum atomic E-state index is -0.799. The van der Waals surface area contributed by atoms with Gasteiger partial charge < -0.3 is 20.5 Å². The molecule has 0 aliphatic rings. The van der Waals surface area contributed by atoms with Crippen molar-refractivity contribution in [3.8, 4) is 0 Å². The lowest BCUT2D eigenvalue weighted by atomic mass is 10.2. The minimum Gasteiger partial charge on any atom is -0.444 e. The molecule has 0 aliphatic carbocycles. The van der Waals surface area contributed by atoms with Gasteiger partial charge in [0.25, 0.3) is 0 Å². The number of hydrogen-bond acceptors (Lipinski definition) is 5. The largest absolute Gasteiger partial charge is 0.444 e. The third-order valence-corrected chi connectivity index (χ3v) is 2.67. The first-order chi connectivity index (χ1) is 10.2. The number of carbonyl (C=O) groups is 2. The lowest BCUT2D eigenvalue weighted by Crippen LogP contribution is -2.47. The molecule has 0 fully saturated rings. The summed E-state index contributed by atoms with van der Waals surface area (Å²) in [5.74, 6) is -0.435. The van der Waals surface area contributed by atoms with Gasteiger partial charge in [0, 0.05) is 6.20 Å². The highest BCUT2D eigenvalue weighted by Crippen LogP contribution is 2.09. The molecule has 122 valence electrons. The first kappa shape index (κ1) is 17.9. The molecule has 3 N–H and O–H groups in total. The summed E-state index contributed by atoms with van der Waals surface area (Å²) in [7, 11) is 0. The standard InChI is InChI=1S/C15H23N3O4/c1-10(17-14(21)22-15(2,3)4)13(20)18-12(9-19)11-7-5-6-8-16-11/h5-8,10,12,19H,9H2,1-4H3,(H,17,21)(H,18,20)/t10-,12+/m0/s1. The third kappa shape index (κ3) is 6.09. The molecule has 0 radical (unpaired) electrons. The van der Waals surface area contributed by atoms with Crippen LogP contribution in [0.15, 0.2) is 24.4 Å². The zero-order valence-electron chi connectivity index (χ0n) is 13.3. The zero-order valence-corrected chi connectivity index (χ0v) is 13.3. The van der Waals surface area contributed by atoms with Crippen molar-refractivity contribution in [3.63, 3.8) is 0 Å². The molecule has 2 amide bonds. The number of carbonyl (C=O) groups excluding carboxylic acids is 2. The molecular weight excluding hydrogens is 286 g/mol. The maximum atomic E-state index is 12.1. The molecule has 1 aromatic rings. The van der Waals surface area contributed by atoms with Crippen LogP contribution in [0.5, 0.6) is 0 Å². The van der Waals surface area contributed by atoms with Crippen LogP contribution in [0, 0.1) is 0 Å². The number of amides is 2. The fraction of sp³-hybridized carbons (Fsp3) is 0.533. The fourth-order valence-electron chi connectivity index (χ4n) is 1.64. The lowest BCUT2D eigenvalue weighted by molar-refractivity contribution is -0.123. The lowest BCUT2D eigenvalue weighted by Gasteiger charge is -2.23. The van der Waals surface area contributed by atoms with Crippen LogP contribution in [0.4, 0.5) is 4.79 Å². The summed E-state index contributed by atoms with van der Waals surface area (Å²) < 4.78 is 5.08. The smallest absolute Gasteiger partial charge is 0.408 e. The van der Waals surface area contributed by atoms with Crippen molar-refractivity contribution >= 4 is 12.0 Å². The van der Waals surface area contributed by atoms with E-state index in [1.54, 1.807) is 45.2 Å². The summed E-state index contributed by atoms with van der Waals surface area (Å²) >= 11 is 0. The Kier molecular flexibility index (Phi) is 6.30. The predicted octanol–water partition coefficient (Wildman–Crippen LogP) is 1.14. The summed E-state index contributed by atoms with van der Waals surface area (Å²) in [6.45, 7) is 6.45. The van der Waals surface area contributed by atoms with Gasteiger partial charge in [0.15, 0.2) is 0 Å². The Labute approximate surface area is 130 Å². The molecule has 7 heteroatoms. The maximum absolute atomic E-state index is 12.1. The number of aliphatic hydroxyl groups is 1. The van der Waals surface area contributed by atoms with E-state index in [0.717, 1.165) is 0 Å². The van der Waals surface area contributed by atoms with Gasteiger partial charge in [0.1, 0.15) is 11.6 Å². The van der Waals surface area contributed by atoms with Crippen LogP contribution in [0.3, 0.4) is 0 Å². The van der Waals surface area contributed by atoms with E-state index in [2.05, 4.69) is 15.6 Å². The van der Waals surface area contributed by atoms with Gasteiger partial charge in [-0.2, -0.15) is 0 Å². The quantitative estimate of drug-likeness (QED) is 0.757. The van der Waals surface area contributed by atoms with Gasteiger partial charge in [-0.25, -0.2) is 4.79 Å². The molecule has 0 aromatic carbocycles. The van der Waals surface area contributed by atoms with Gasteiger partial charge in [-0.1, -0.05) is 6.07 Å². The number of aromatic nitrogens is 1. The number of hydrogen-bond donors (Lipinski definition) is 3. The Hall–Kier alpha value is -2.15. The van der Waals surface area contributed by atoms with Crippen LogP contribution in [-0.2, 0) is 9.53 Å². The van der Waals surface area contributed by atoms with Crippen LogP contribution in [-0.4, -0.2) is 40.3 Å².